The molecule has 2 aromatic heterocycles. The predicted octanol–water partition coefficient (Wildman–Crippen LogP) is 1.06. The average molecular weight is 274 g/mol. The zero-order chi connectivity index (χ0) is 13.8. The van der Waals surface area contributed by atoms with Crippen molar-refractivity contribution in [1.29, 1.82) is 0 Å². The maximum absolute atomic E-state index is 5.42. The molecule has 0 amide bonds. The van der Waals surface area contributed by atoms with Crippen molar-refractivity contribution in [2.75, 3.05) is 25.1 Å². The molecule has 0 saturated carbocycles. The Hall–Kier alpha value is -2.02. The van der Waals surface area contributed by atoms with E-state index in [1.807, 2.05) is 13.0 Å². The average Bonchev–Trinajstić information content (AvgIpc) is 3.11. The van der Waals surface area contributed by atoms with Gasteiger partial charge >= 0.3 is 0 Å². The lowest BCUT2D eigenvalue weighted by Gasteiger charge is -2.11. The highest BCUT2D eigenvalue weighted by atomic mass is 16.5. The van der Waals surface area contributed by atoms with E-state index >= 15 is 0 Å². The molecule has 0 aliphatic carbocycles. The minimum atomic E-state index is 0.396. The molecule has 20 heavy (non-hydrogen) atoms. The summed E-state index contributed by atoms with van der Waals surface area (Å²) in [6.07, 6.45) is 3.57. The Morgan fingerprint density at radius 1 is 1.45 bits per heavy atom. The van der Waals surface area contributed by atoms with Crippen LogP contribution in [0.1, 0.15) is 29.6 Å². The molecule has 1 saturated heterocycles. The molecule has 0 bridgehead atoms. The van der Waals surface area contributed by atoms with Crippen molar-refractivity contribution in [2.24, 2.45) is 0 Å². The van der Waals surface area contributed by atoms with Gasteiger partial charge in [-0.25, -0.2) is 9.97 Å². The van der Waals surface area contributed by atoms with E-state index in [-0.39, 0.29) is 0 Å². The molecular weight excluding hydrogens is 256 g/mol. The Morgan fingerprint density at radius 3 is 3.15 bits per heavy atom. The van der Waals surface area contributed by atoms with Gasteiger partial charge in [-0.15, -0.1) is 0 Å². The van der Waals surface area contributed by atoms with Crippen molar-refractivity contribution < 1.29 is 4.74 Å². The summed E-state index contributed by atoms with van der Waals surface area (Å²) in [6.45, 7) is 4.27. The van der Waals surface area contributed by atoms with E-state index in [0.29, 0.717) is 5.92 Å². The number of hydrogen-bond donors (Lipinski definition) is 2. The number of rotatable bonds is 5. The molecule has 3 rings (SSSR count). The quantitative estimate of drug-likeness (QED) is 0.847. The maximum atomic E-state index is 5.42. The highest BCUT2D eigenvalue weighted by Crippen LogP contribution is 2.24. The van der Waals surface area contributed by atoms with Crippen molar-refractivity contribution in [1.82, 2.24) is 25.4 Å². The molecule has 106 valence electrons. The van der Waals surface area contributed by atoms with Gasteiger partial charge in [0.1, 0.15) is 11.6 Å². The van der Waals surface area contributed by atoms with Crippen LogP contribution in [-0.2, 0) is 11.2 Å². The first-order valence-corrected chi connectivity index (χ1v) is 6.83. The van der Waals surface area contributed by atoms with Gasteiger partial charge in [-0.05, 0) is 13.3 Å². The monoisotopic (exact) mass is 274 g/mol. The lowest BCUT2D eigenvalue weighted by molar-refractivity contribution is 0.193. The van der Waals surface area contributed by atoms with E-state index in [1.54, 1.807) is 6.20 Å². The van der Waals surface area contributed by atoms with Gasteiger partial charge in [-0.1, -0.05) is 0 Å². The highest BCUT2D eigenvalue weighted by Gasteiger charge is 2.20. The van der Waals surface area contributed by atoms with Gasteiger partial charge in [-0.3, -0.25) is 0 Å². The van der Waals surface area contributed by atoms with Crippen molar-refractivity contribution >= 4 is 5.82 Å². The molecule has 1 aliphatic heterocycles. The third kappa shape index (κ3) is 3.11. The van der Waals surface area contributed by atoms with Gasteiger partial charge in [0.2, 0.25) is 0 Å². The summed E-state index contributed by atoms with van der Waals surface area (Å²) in [5, 5.41) is 13.7. The molecule has 1 atom stereocenters. The molecule has 2 aromatic rings. The molecular formula is C13H18N6O. The van der Waals surface area contributed by atoms with E-state index < -0.39 is 0 Å². The molecule has 0 spiro atoms. The second kappa shape index (κ2) is 5.96. The second-order valence-corrected chi connectivity index (χ2v) is 4.92. The third-order valence-electron chi connectivity index (χ3n) is 3.36. The number of anilines is 1. The molecule has 3 heterocycles. The van der Waals surface area contributed by atoms with Crippen molar-refractivity contribution in [3.05, 3.63) is 29.5 Å². The number of aryl methyl sites for hydroxylation is 1. The maximum Gasteiger partial charge on any atom is 0.129 e. The van der Waals surface area contributed by atoms with Crippen LogP contribution in [-0.4, -0.2) is 45.1 Å². The highest BCUT2D eigenvalue weighted by molar-refractivity contribution is 5.37. The molecule has 0 unspecified atom stereocenters. The van der Waals surface area contributed by atoms with Crippen molar-refractivity contribution in [3.63, 3.8) is 0 Å². The summed E-state index contributed by atoms with van der Waals surface area (Å²) in [5.41, 5.74) is 2.01. The number of hydrogen-bond acceptors (Lipinski definition) is 6. The van der Waals surface area contributed by atoms with E-state index in [4.69, 9.17) is 4.74 Å². The minimum absolute atomic E-state index is 0.396. The van der Waals surface area contributed by atoms with Gasteiger partial charge in [0.25, 0.3) is 0 Å². The van der Waals surface area contributed by atoms with Crippen LogP contribution >= 0.6 is 0 Å². The topological polar surface area (TPSA) is 88.6 Å². The van der Waals surface area contributed by atoms with Crippen molar-refractivity contribution in [3.8, 4) is 0 Å². The Balaban J connectivity index is 1.63. The summed E-state index contributed by atoms with van der Waals surface area (Å²) in [6, 6.07) is 2.02. The standard InChI is InChI=1S/C13H18N6O/c1-9-16-12(10-3-5-20-8-10)6-13(17-9)14-4-2-11-7-15-19-18-11/h6-7,10H,2-5,8H2,1H3,(H,14,16,17)(H,15,18,19)/t10-/m1/s1. The molecule has 1 fully saturated rings. The second-order valence-electron chi connectivity index (χ2n) is 4.92. The largest absolute Gasteiger partial charge is 0.381 e. The summed E-state index contributed by atoms with van der Waals surface area (Å²) >= 11 is 0. The number of aromatic nitrogens is 5. The summed E-state index contributed by atoms with van der Waals surface area (Å²) < 4.78 is 5.42. The SMILES string of the molecule is Cc1nc(NCCc2cn[nH]n2)cc([C@@H]2CCOC2)n1. The van der Waals surface area contributed by atoms with Gasteiger partial charge in [0.15, 0.2) is 0 Å². The Morgan fingerprint density at radius 2 is 2.40 bits per heavy atom. The van der Waals surface area contributed by atoms with Crippen LogP contribution in [0.3, 0.4) is 0 Å². The first-order chi connectivity index (χ1) is 9.81. The molecule has 7 heteroatoms. The Labute approximate surface area is 117 Å². The Kier molecular flexibility index (Phi) is 3.87. The predicted molar refractivity (Wildman–Crippen MR) is 73.5 cm³/mol. The molecule has 7 nitrogen and oxygen atoms in total. The molecule has 0 radical (unpaired) electrons. The molecule has 2 N–H and O–H groups in total. The van der Waals surface area contributed by atoms with Gasteiger partial charge < -0.3 is 10.1 Å². The first-order valence-electron chi connectivity index (χ1n) is 6.83. The fraction of sp³-hybridized carbons (Fsp3) is 0.538. The number of nitrogens with one attached hydrogen (secondary N) is 2. The lowest BCUT2D eigenvalue weighted by atomic mass is 10.0. The van der Waals surface area contributed by atoms with E-state index in [1.165, 1.54) is 0 Å². The van der Waals surface area contributed by atoms with Crippen molar-refractivity contribution in [2.45, 2.75) is 25.7 Å². The fourth-order valence-electron chi connectivity index (χ4n) is 2.32. The van der Waals surface area contributed by atoms with Crippen LogP contribution in [0.5, 0.6) is 0 Å². The Bertz CT molecular complexity index is 550. The summed E-state index contributed by atoms with van der Waals surface area (Å²) in [7, 11) is 0. The van der Waals surface area contributed by atoms with E-state index in [0.717, 1.165) is 55.6 Å². The van der Waals surface area contributed by atoms with Crippen LogP contribution in [0.4, 0.5) is 5.82 Å². The van der Waals surface area contributed by atoms with Gasteiger partial charge in [0, 0.05) is 31.6 Å². The van der Waals surface area contributed by atoms with E-state index in [9.17, 15) is 0 Å². The van der Waals surface area contributed by atoms with Crippen LogP contribution in [0.15, 0.2) is 12.3 Å². The fourth-order valence-corrected chi connectivity index (χ4v) is 2.32. The van der Waals surface area contributed by atoms with Gasteiger partial charge in [-0.2, -0.15) is 15.4 Å². The zero-order valence-corrected chi connectivity index (χ0v) is 11.5. The molecule has 1 aliphatic rings. The number of H-pyrrole nitrogens is 1. The van der Waals surface area contributed by atoms with Crippen LogP contribution in [0.2, 0.25) is 0 Å². The first kappa shape index (κ1) is 13.0. The van der Waals surface area contributed by atoms with Crippen LogP contribution in [0, 0.1) is 6.92 Å². The summed E-state index contributed by atoms with van der Waals surface area (Å²) in [5.74, 6) is 2.05. The number of nitrogens with zero attached hydrogens (tertiary/aromatic N) is 4. The normalized spacial score (nSPS) is 18.4. The third-order valence-corrected chi connectivity index (χ3v) is 3.36. The van der Waals surface area contributed by atoms with Gasteiger partial charge in [0.05, 0.1) is 24.2 Å². The smallest absolute Gasteiger partial charge is 0.129 e. The summed E-state index contributed by atoms with van der Waals surface area (Å²) in [4.78, 5) is 8.93. The lowest BCUT2D eigenvalue weighted by Crippen LogP contribution is -2.10. The number of ether oxygens (including phenoxy) is 1. The minimum Gasteiger partial charge on any atom is -0.381 e. The van der Waals surface area contributed by atoms with Crippen LogP contribution < -0.4 is 5.32 Å². The van der Waals surface area contributed by atoms with Crippen LogP contribution in [0.25, 0.3) is 0 Å². The molecule has 0 aromatic carbocycles. The number of aromatic amines is 1. The van der Waals surface area contributed by atoms with E-state index in [2.05, 4.69) is 30.7 Å². The zero-order valence-electron chi connectivity index (χ0n) is 11.5.